The predicted octanol–water partition coefficient (Wildman–Crippen LogP) is 0.487. The molecular weight excluding hydrogens is 263 g/mol. The molecule has 6 fully saturated rings. The summed E-state index contributed by atoms with van der Waals surface area (Å²) >= 11 is 0. The fourth-order valence-corrected chi connectivity index (χ4v) is 6.87. The first-order chi connectivity index (χ1) is 8.80. The zero-order valence-corrected chi connectivity index (χ0v) is 9.57. The smallest absolute Gasteiger partial charge is 0.471 e. The van der Waals surface area contributed by atoms with Crippen molar-refractivity contribution >= 4 is 11.9 Å². The van der Waals surface area contributed by atoms with Crippen molar-refractivity contribution in [2.75, 3.05) is 6.54 Å². The Kier molecular flexibility index (Phi) is 1.25. The van der Waals surface area contributed by atoms with Gasteiger partial charge in [-0.25, -0.2) is 0 Å². The van der Waals surface area contributed by atoms with Gasteiger partial charge < -0.3 is 10.4 Å². The van der Waals surface area contributed by atoms with Crippen molar-refractivity contribution in [1.82, 2.24) is 5.32 Å². The molecule has 6 aliphatic rings. The van der Waals surface area contributed by atoms with Crippen molar-refractivity contribution in [2.45, 2.75) is 6.18 Å². The van der Waals surface area contributed by atoms with E-state index >= 15 is 0 Å². The second-order valence-electron chi connectivity index (χ2n) is 6.69. The fraction of sp³-hybridized carbons (Fsp3) is 0.833. The highest BCUT2D eigenvalue weighted by atomic mass is 19.4. The highest BCUT2D eigenvalue weighted by Crippen LogP contribution is 3.10. The lowest BCUT2D eigenvalue weighted by Crippen LogP contribution is -3.11. The van der Waals surface area contributed by atoms with Gasteiger partial charge in [0, 0.05) is 6.54 Å². The summed E-state index contributed by atoms with van der Waals surface area (Å²) in [6.45, 7) is 0.0740. The molecule has 6 saturated carbocycles. The van der Waals surface area contributed by atoms with Crippen LogP contribution in [0, 0.1) is 46.3 Å². The molecule has 0 aromatic heterocycles. The van der Waals surface area contributed by atoms with Crippen LogP contribution in [0.4, 0.5) is 13.2 Å². The number of amides is 1. The van der Waals surface area contributed by atoms with E-state index in [1.165, 1.54) is 0 Å². The summed E-state index contributed by atoms with van der Waals surface area (Å²) in [6, 6.07) is 0. The van der Waals surface area contributed by atoms with Gasteiger partial charge in [0.25, 0.3) is 0 Å². The van der Waals surface area contributed by atoms with Gasteiger partial charge in [-0.1, -0.05) is 0 Å². The molecule has 102 valence electrons. The second kappa shape index (κ2) is 2.27. The molecule has 1 amide bonds. The first-order valence-corrected chi connectivity index (χ1v) is 6.39. The maximum Gasteiger partial charge on any atom is 0.471 e. The number of carboxylic acid groups (broad SMARTS) is 1. The Bertz CT molecular complexity index is 516. The first-order valence-electron chi connectivity index (χ1n) is 6.39. The van der Waals surface area contributed by atoms with E-state index in [1.807, 2.05) is 5.32 Å². The highest BCUT2D eigenvalue weighted by molar-refractivity contribution is 5.87. The van der Waals surface area contributed by atoms with Crippen molar-refractivity contribution < 1.29 is 27.9 Å². The monoisotopic (exact) mass is 273 g/mol. The number of halogens is 3. The van der Waals surface area contributed by atoms with Crippen molar-refractivity contribution in [3.63, 3.8) is 0 Å². The summed E-state index contributed by atoms with van der Waals surface area (Å²) in [4.78, 5) is 22.1. The maximum atomic E-state index is 12.1. The summed E-state index contributed by atoms with van der Waals surface area (Å²) in [7, 11) is 0. The van der Waals surface area contributed by atoms with Crippen LogP contribution in [-0.2, 0) is 9.59 Å². The van der Waals surface area contributed by atoms with Crippen molar-refractivity contribution in [3.8, 4) is 0 Å². The number of rotatable bonds is 3. The summed E-state index contributed by atoms with van der Waals surface area (Å²) in [5, 5.41) is 11.2. The van der Waals surface area contributed by atoms with Crippen molar-refractivity contribution in [1.29, 1.82) is 0 Å². The Morgan fingerprint density at radius 2 is 1.53 bits per heavy atom. The quantitative estimate of drug-likeness (QED) is 0.786. The van der Waals surface area contributed by atoms with Crippen LogP contribution in [0.2, 0.25) is 0 Å². The van der Waals surface area contributed by atoms with E-state index in [1.54, 1.807) is 0 Å². The van der Waals surface area contributed by atoms with Gasteiger partial charge in [0.1, 0.15) is 0 Å². The molecule has 6 rings (SSSR count). The molecule has 0 aromatic carbocycles. The van der Waals surface area contributed by atoms with Crippen LogP contribution < -0.4 is 5.32 Å². The molecule has 0 aromatic rings. The number of aliphatic carboxylic acids is 1. The summed E-state index contributed by atoms with van der Waals surface area (Å²) in [5.74, 6) is -1.25. The topological polar surface area (TPSA) is 66.4 Å². The second-order valence-corrected chi connectivity index (χ2v) is 6.69. The Morgan fingerprint density at radius 3 is 1.89 bits per heavy atom. The third kappa shape index (κ3) is 0.617. The lowest BCUT2D eigenvalue weighted by atomic mass is 8.92. The van der Waals surface area contributed by atoms with Crippen LogP contribution in [0.5, 0.6) is 0 Å². The molecule has 0 heterocycles. The molecule has 19 heavy (non-hydrogen) atoms. The molecule has 4 nitrogen and oxygen atoms in total. The van der Waals surface area contributed by atoms with E-state index in [0.717, 1.165) is 0 Å². The average molecular weight is 273 g/mol. The van der Waals surface area contributed by atoms with E-state index in [2.05, 4.69) is 0 Å². The van der Waals surface area contributed by atoms with Crippen LogP contribution >= 0.6 is 0 Å². The number of hydrogen-bond donors (Lipinski definition) is 2. The molecule has 7 heteroatoms. The largest absolute Gasteiger partial charge is 0.481 e. The first kappa shape index (κ1) is 10.5. The summed E-state index contributed by atoms with van der Waals surface area (Å²) < 4.78 is 36.4. The predicted molar refractivity (Wildman–Crippen MR) is 52.5 cm³/mol. The Labute approximate surface area is 105 Å². The number of carboxylic acids is 1. The van der Waals surface area contributed by atoms with E-state index < -0.39 is 23.5 Å². The lowest BCUT2D eigenvalue weighted by Gasteiger charge is -3.10. The van der Waals surface area contributed by atoms with Gasteiger partial charge >= 0.3 is 18.1 Å². The number of carbonyl (C=O) groups excluding carboxylic acids is 1. The van der Waals surface area contributed by atoms with Crippen molar-refractivity contribution in [2.24, 2.45) is 46.3 Å². The van der Waals surface area contributed by atoms with E-state index in [9.17, 15) is 27.9 Å². The van der Waals surface area contributed by atoms with E-state index in [-0.39, 0.29) is 47.5 Å². The molecular formula is C12H10F3NO3. The summed E-state index contributed by atoms with van der Waals surface area (Å²) in [6.07, 6.45) is -4.83. The van der Waals surface area contributed by atoms with Gasteiger partial charge in [0.05, 0.1) is 5.41 Å². The molecule has 6 aliphatic carbocycles. The van der Waals surface area contributed by atoms with Crippen LogP contribution in [0.25, 0.3) is 0 Å². The third-order valence-corrected chi connectivity index (χ3v) is 7.02. The Balaban J connectivity index is 1.32. The maximum absolute atomic E-state index is 12.1. The minimum absolute atomic E-state index is 0.0740. The molecule has 0 unspecified atom stereocenters. The number of nitrogens with one attached hydrogen (secondary N) is 1. The summed E-state index contributed by atoms with van der Waals surface area (Å²) in [5.41, 5.74) is -0.673. The van der Waals surface area contributed by atoms with Gasteiger partial charge in [-0.2, -0.15) is 13.2 Å². The number of alkyl halides is 3. The van der Waals surface area contributed by atoms with Crippen LogP contribution in [0.15, 0.2) is 0 Å². The van der Waals surface area contributed by atoms with Crippen LogP contribution in [0.3, 0.4) is 0 Å². The molecule has 0 aliphatic heterocycles. The number of hydrogen-bond acceptors (Lipinski definition) is 2. The Hall–Kier alpha value is -1.27. The molecule has 0 atom stereocenters. The van der Waals surface area contributed by atoms with Crippen LogP contribution in [0.1, 0.15) is 0 Å². The van der Waals surface area contributed by atoms with E-state index in [0.29, 0.717) is 0 Å². The minimum atomic E-state index is -4.83. The van der Waals surface area contributed by atoms with Gasteiger partial charge in [0.15, 0.2) is 0 Å². The fourth-order valence-electron chi connectivity index (χ4n) is 6.87. The number of carbonyl (C=O) groups is 2. The third-order valence-electron chi connectivity index (χ3n) is 7.02. The Morgan fingerprint density at radius 1 is 1.05 bits per heavy atom. The molecule has 2 N–H and O–H groups in total. The molecule has 0 spiro atoms. The standard InChI is InChI=1S/C12H10F3NO3/c13-12(14,15)8(17)16-1-10-2-5-3(10)7-4(10)6(2)11(5,7)9(18)19/h2-7H,1H2,(H,16,17)(H,18,19). The van der Waals surface area contributed by atoms with E-state index in [4.69, 9.17) is 0 Å². The molecule has 0 radical (unpaired) electrons. The SMILES string of the molecule is O=C(NCC12C3C4C1C1C2C3C41C(=O)O)C(F)(F)F. The zero-order chi connectivity index (χ0) is 13.5. The lowest BCUT2D eigenvalue weighted by molar-refractivity contribution is -0.641. The van der Waals surface area contributed by atoms with Crippen molar-refractivity contribution in [3.05, 3.63) is 0 Å². The zero-order valence-electron chi connectivity index (χ0n) is 9.57. The average Bonchev–Trinajstić information content (AvgIpc) is 2.34. The highest BCUT2D eigenvalue weighted by Gasteiger charge is 3.11. The van der Waals surface area contributed by atoms with Gasteiger partial charge in [0.2, 0.25) is 0 Å². The van der Waals surface area contributed by atoms with Gasteiger partial charge in [-0.3, -0.25) is 9.59 Å². The normalized spacial score (nSPS) is 60.6. The van der Waals surface area contributed by atoms with Crippen LogP contribution in [-0.4, -0.2) is 29.7 Å². The van der Waals surface area contributed by atoms with Gasteiger partial charge in [-0.05, 0) is 40.9 Å². The van der Waals surface area contributed by atoms with Gasteiger partial charge in [-0.15, -0.1) is 0 Å². The minimum Gasteiger partial charge on any atom is -0.481 e. The molecule has 0 saturated heterocycles. The molecule has 0 bridgehead atoms.